The van der Waals surface area contributed by atoms with Crippen LogP contribution < -0.4 is 15.8 Å². The minimum atomic E-state index is -0.478. The number of aromatic nitrogens is 1. The normalized spacial score (nSPS) is 13.2. The first-order chi connectivity index (χ1) is 11.1. The van der Waals surface area contributed by atoms with Gasteiger partial charge in [0.1, 0.15) is 5.75 Å². The van der Waals surface area contributed by atoms with Gasteiger partial charge in [-0.25, -0.2) is 4.98 Å². The molecule has 0 aliphatic rings. The Morgan fingerprint density at radius 1 is 1.26 bits per heavy atom. The first-order valence-electron chi connectivity index (χ1n) is 7.81. The van der Waals surface area contributed by atoms with Crippen molar-refractivity contribution in [3.8, 4) is 11.6 Å². The van der Waals surface area contributed by atoms with E-state index >= 15 is 0 Å². The maximum Gasteiger partial charge on any atom is 0.237 e. The van der Waals surface area contributed by atoms with E-state index in [9.17, 15) is 4.79 Å². The van der Waals surface area contributed by atoms with Crippen LogP contribution in [0.2, 0.25) is 0 Å². The number of nitrogens with one attached hydrogen (secondary N) is 1. The van der Waals surface area contributed by atoms with Crippen LogP contribution in [0.15, 0.2) is 48.7 Å². The van der Waals surface area contributed by atoms with Crippen LogP contribution >= 0.6 is 0 Å². The van der Waals surface area contributed by atoms with Crippen molar-refractivity contribution in [3.05, 3.63) is 54.2 Å². The van der Waals surface area contributed by atoms with Crippen LogP contribution in [0.1, 0.15) is 25.8 Å². The Kier molecular flexibility index (Phi) is 6.11. The highest BCUT2D eigenvalue weighted by molar-refractivity contribution is 5.81. The van der Waals surface area contributed by atoms with E-state index in [0.717, 1.165) is 17.7 Å². The van der Waals surface area contributed by atoms with Gasteiger partial charge in [-0.2, -0.15) is 0 Å². The van der Waals surface area contributed by atoms with E-state index in [-0.39, 0.29) is 11.8 Å². The van der Waals surface area contributed by atoms with Gasteiger partial charge < -0.3 is 15.8 Å². The summed E-state index contributed by atoms with van der Waals surface area (Å²) >= 11 is 0. The average Bonchev–Trinajstić information content (AvgIpc) is 2.60. The molecule has 5 heteroatoms. The molecular weight excluding hydrogens is 290 g/mol. The Morgan fingerprint density at radius 3 is 2.61 bits per heavy atom. The number of hydrogen-bond acceptors (Lipinski definition) is 4. The molecule has 1 aromatic heterocycles. The fourth-order valence-electron chi connectivity index (χ4n) is 2.00. The molecule has 0 fully saturated rings. The van der Waals surface area contributed by atoms with E-state index < -0.39 is 6.04 Å². The van der Waals surface area contributed by atoms with Gasteiger partial charge in [0.25, 0.3) is 0 Å². The Balaban J connectivity index is 1.87. The van der Waals surface area contributed by atoms with Gasteiger partial charge in [0.2, 0.25) is 11.8 Å². The molecule has 0 saturated carbocycles. The molecule has 23 heavy (non-hydrogen) atoms. The number of benzene rings is 1. The van der Waals surface area contributed by atoms with Crippen LogP contribution in [0.5, 0.6) is 11.6 Å². The van der Waals surface area contributed by atoms with Crippen molar-refractivity contribution in [2.24, 2.45) is 11.7 Å². The summed E-state index contributed by atoms with van der Waals surface area (Å²) in [7, 11) is 0. The fourth-order valence-corrected chi connectivity index (χ4v) is 2.00. The number of nitrogens with two attached hydrogens (primary N) is 1. The van der Waals surface area contributed by atoms with Crippen LogP contribution in [-0.4, -0.2) is 16.9 Å². The van der Waals surface area contributed by atoms with E-state index in [4.69, 9.17) is 10.5 Å². The smallest absolute Gasteiger partial charge is 0.237 e. The number of carbonyl (C=O) groups excluding carboxylic acids is 1. The second-order valence-corrected chi connectivity index (χ2v) is 5.55. The largest absolute Gasteiger partial charge is 0.439 e. The monoisotopic (exact) mass is 313 g/mol. The van der Waals surface area contributed by atoms with Gasteiger partial charge in [-0.05, 0) is 23.6 Å². The van der Waals surface area contributed by atoms with Gasteiger partial charge in [0, 0.05) is 18.8 Å². The minimum absolute atomic E-state index is 0.135. The van der Waals surface area contributed by atoms with E-state index in [2.05, 4.69) is 10.3 Å². The summed E-state index contributed by atoms with van der Waals surface area (Å²) in [4.78, 5) is 16.2. The van der Waals surface area contributed by atoms with Crippen molar-refractivity contribution in [2.75, 3.05) is 0 Å². The zero-order valence-electron chi connectivity index (χ0n) is 13.5. The van der Waals surface area contributed by atoms with Crippen molar-refractivity contribution in [1.82, 2.24) is 10.3 Å². The molecule has 2 unspecified atom stereocenters. The minimum Gasteiger partial charge on any atom is -0.439 e. The van der Waals surface area contributed by atoms with Crippen molar-refractivity contribution in [2.45, 2.75) is 32.9 Å². The van der Waals surface area contributed by atoms with Gasteiger partial charge in [-0.3, -0.25) is 4.79 Å². The molecule has 1 aromatic carbocycles. The summed E-state index contributed by atoms with van der Waals surface area (Å²) in [5.74, 6) is 1.28. The molecule has 2 atom stereocenters. The molecule has 3 N–H and O–H groups in total. The summed E-state index contributed by atoms with van der Waals surface area (Å²) in [6, 6.07) is 12.6. The van der Waals surface area contributed by atoms with Crippen LogP contribution in [-0.2, 0) is 11.3 Å². The summed E-state index contributed by atoms with van der Waals surface area (Å²) in [6.45, 7) is 4.40. The predicted octanol–water partition coefficient (Wildman–Crippen LogP) is 2.86. The molecule has 0 saturated heterocycles. The molecule has 0 aliphatic heterocycles. The zero-order valence-corrected chi connectivity index (χ0v) is 13.5. The molecule has 1 amide bonds. The molecule has 122 valence electrons. The second kappa shape index (κ2) is 8.29. The lowest BCUT2D eigenvalue weighted by molar-refractivity contribution is -0.123. The number of rotatable bonds is 7. The molecule has 2 rings (SSSR count). The maximum absolute atomic E-state index is 11.9. The van der Waals surface area contributed by atoms with E-state index in [1.807, 2.05) is 50.2 Å². The second-order valence-electron chi connectivity index (χ2n) is 5.55. The van der Waals surface area contributed by atoms with Crippen molar-refractivity contribution >= 4 is 5.91 Å². The first-order valence-corrected chi connectivity index (χ1v) is 7.81. The topological polar surface area (TPSA) is 77.2 Å². The molecule has 0 spiro atoms. The van der Waals surface area contributed by atoms with Gasteiger partial charge in [-0.1, -0.05) is 44.5 Å². The third-order valence-corrected chi connectivity index (χ3v) is 3.79. The number of pyridine rings is 1. The van der Waals surface area contributed by atoms with E-state index in [1.54, 1.807) is 12.3 Å². The van der Waals surface area contributed by atoms with E-state index in [1.165, 1.54) is 0 Å². The SMILES string of the molecule is CCC(C)C(N)C(=O)NCc1ccc(Oc2ccccc2)nc1. The van der Waals surface area contributed by atoms with Crippen LogP contribution in [0, 0.1) is 5.92 Å². The Labute approximate surface area is 136 Å². The summed E-state index contributed by atoms with van der Waals surface area (Å²) in [5.41, 5.74) is 6.80. The highest BCUT2D eigenvalue weighted by Gasteiger charge is 2.18. The highest BCUT2D eigenvalue weighted by Crippen LogP contribution is 2.18. The Hall–Kier alpha value is -2.40. The Morgan fingerprint density at radius 2 is 2.00 bits per heavy atom. The lowest BCUT2D eigenvalue weighted by Gasteiger charge is -2.17. The van der Waals surface area contributed by atoms with Gasteiger partial charge >= 0.3 is 0 Å². The number of nitrogens with zero attached hydrogens (tertiary/aromatic N) is 1. The lowest BCUT2D eigenvalue weighted by atomic mass is 9.99. The molecule has 0 bridgehead atoms. The molecule has 1 heterocycles. The summed E-state index contributed by atoms with van der Waals surface area (Å²) in [6.07, 6.45) is 2.56. The number of carbonyl (C=O) groups is 1. The highest BCUT2D eigenvalue weighted by atomic mass is 16.5. The fraction of sp³-hybridized carbons (Fsp3) is 0.333. The standard InChI is InChI=1S/C18H23N3O2/c1-3-13(2)17(19)18(22)21-12-14-9-10-16(20-11-14)23-15-7-5-4-6-8-15/h4-11,13,17H,3,12,19H2,1-2H3,(H,21,22). The van der Waals surface area contributed by atoms with Crippen LogP contribution in [0.25, 0.3) is 0 Å². The maximum atomic E-state index is 11.9. The average molecular weight is 313 g/mol. The molecule has 0 aliphatic carbocycles. The first kappa shape index (κ1) is 17.0. The van der Waals surface area contributed by atoms with Gasteiger partial charge in [0.15, 0.2) is 0 Å². The van der Waals surface area contributed by atoms with Crippen LogP contribution in [0.3, 0.4) is 0 Å². The van der Waals surface area contributed by atoms with Gasteiger partial charge in [-0.15, -0.1) is 0 Å². The third kappa shape index (κ3) is 5.07. The van der Waals surface area contributed by atoms with Crippen molar-refractivity contribution < 1.29 is 9.53 Å². The molecule has 0 radical (unpaired) electrons. The molecule has 5 nitrogen and oxygen atoms in total. The lowest BCUT2D eigenvalue weighted by Crippen LogP contribution is -2.44. The number of hydrogen-bond donors (Lipinski definition) is 2. The number of amides is 1. The zero-order chi connectivity index (χ0) is 16.7. The Bertz CT molecular complexity index is 614. The number of para-hydroxylation sites is 1. The summed E-state index contributed by atoms with van der Waals surface area (Å²) in [5, 5.41) is 2.84. The van der Waals surface area contributed by atoms with Gasteiger partial charge in [0.05, 0.1) is 6.04 Å². The van der Waals surface area contributed by atoms with E-state index in [0.29, 0.717) is 12.4 Å². The molecular formula is C18H23N3O2. The van der Waals surface area contributed by atoms with Crippen LogP contribution in [0.4, 0.5) is 0 Å². The summed E-state index contributed by atoms with van der Waals surface area (Å²) < 4.78 is 5.62. The van der Waals surface area contributed by atoms with Crippen molar-refractivity contribution in [3.63, 3.8) is 0 Å². The molecule has 2 aromatic rings. The number of ether oxygens (including phenoxy) is 1. The predicted molar refractivity (Wildman–Crippen MR) is 90.0 cm³/mol. The third-order valence-electron chi connectivity index (χ3n) is 3.79. The quantitative estimate of drug-likeness (QED) is 0.824. The van der Waals surface area contributed by atoms with Crippen molar-refractivity contribution in [1.29, 1.82) is 0 Å².